The first-order valence-corrected chi connectivity index (χ1v) is 20.7. The van der Waals surface area contributed by atoms with Crippen molar-refractivity contribution in [1.82, 2.24) is 21.3 Å². The zero-order valence-electron chi connectivity index (χ0n) is 38.8. The summed E-state index contributed by atoms with van der Waals surface area (Å²) < 4.78 is 52.3. The Morgan fingerprint density at radius 3 is 1.52 bits per heavy atom. The third kappa shape index (κ3) is 19.8. The molecule has 0 spiro atoms. The second-order valence-electron chi connectivity index (χ2n) is 18.1. The highest BCUT2D eigenvalue weighted by Crippen LogP contribution is 2.34. The number of hydrogen-bond donors (Lipinski definition) is 4. The highest BCUT2D eigenvalue weighted by molar-refractivity contribution is 5.76. The van der Waals surface area contributed by atoms with Gasteiger partial charge < -0.3 is 63.9 Å². The summed E-state index contributed by atoms with van der Waals surface area (Å²) in [7, 11) is 0. The lowest BCUT2D eigenvalue weighted by Gasteiger charge is -2.49. The molecule has 1 aliphatic heterocycles. The lowest BCUT2D eigenvalue weighted by molar-refractivity contribution is -0.298. The Kier molecular flexibility index (Phi) is 20.4. The van der Waals surface area contributed by atoms with Crippen LogP contribution in [0.5, 0.6) is 0 Å². The van der Waals surface area contributed by atoms with Gasteiger partial charge in [-0.15, -0.1) is 0 Å². The highest BCUT2D eigenvalue weighted by Gasteiger charge is 2.56. The van der Waals surface area contributed by atoms with Crippen molar-refractivity contribution in [2.24, 2.45) is 5.11 Å². The number of rotatable bonds is 16. The lowest BCUT2D eigenvalue weighted by Crippen LogP contribution is -2.71. The highest BCUT2D eigenvalue weighted by atomic mass is 16.7. The van der Waals surface area contributed by atoms with Crippen molar-refractivity contribution in [2.75, 3.05) is 13.1 Å². The quantitative estimate of drug-likeness (QED) is 0.0430. The number of hydrogen-bond acceptors (Lipinski definition) is 18. The van der Waals surface area contributed by atoms with Crippen molar-refractivity contribution in [2.45, 2.75) is 194 Å². The summed E-state index contributed by atoms with van der Waals surface area (Å²) in [5.74, 6) is -4.07. The molecule has 24 nitrogen and oxygen atoms in total. The molecule has 2 rings (SSSR count). The average molecular weight is 916 g/mol. The van der Waals surface area contributed by atoms with Crippen molar-refractivity contribution in [3.63, 3.8) is 0 Å². The van der Waals surface area contributed by atoms with E-state index in [0.29, 0.717) is 12.8 Å². The average Bonchev–Trinajstić information content (AvgIpc) is 3.09. The van der Waals surface area contributed by atoms with E-state index in [1.807, 2.05) is 0 Å². The van der Waals surface area contributed by atoms with Crippen molar-refractivity contribution < 1.29 is 81.0 Å². The van der Waals surface area contributed by atoms with Crippen LogP contribution >= 0.6 is 0 Å². The Balaban J connectivity index is 2.87. The molecule has 0 bridgehead atoms. The third-order valence-corrected chi connectivity index (χ3v) is 8.66. The summed E-state index contributed by atoms with van der Waals surface area (Å²) in [6, 6.07) is -4.19. The molecule has 0 aromatic rings. The largest absolute Gasteiger partial charge is 0.456 e. The molecule has 2 aliphatic rings. The first-order chi connectivity index (χ1) is 29.5. The van der Waals surface area contributed by atoms with Gasteiger partial charge in [-0.05, 0) is 87.1 Å². The molecule has 0 aromatic carbocycles. The van der Waals surface area contributed by atoms with Gasteiger partial charge in [-0.2, -0.15) is 0 Å². The summed E-state index contributed by atoms with van der Waals surface area (Å²) in [5, 5.41) is 14.0. The van der Waals surface area contributed by atoms with Crippen LogP contribution in [0.25, 0.3) is 10.4 Å². The van der Waals surface area contributed by atoms with Gasteiger partial charge in [0.25, 0.3) is 0 Å². The minimum Gasteiger partial charge on any atom is -0.456 e. The lowest BCUT2D eigenvalue weighted by atomic mass is 9.83. The second kappa shape index (κ2) is 23.9. The molecule has 2 fully saturated rings. The molecular weight excluding hydrogens is 850 g/mol. The van der Waals surface area contributed by atoms with Crippen LogP contribution < -0.4 is 21.3 Å². The Bertz CT molecular complexity index is 1720. The van der Waals surface area contributed by atoms with Crippen LogP contribution in [0.1, 0.15) is 116 Å². The zero-order valence-corrected chi connectivity index (χ0v) is 38.8. The zero-order chi connectivity index (χ0) is 48.7. The van der Waals surface area contributed by atoms with Crippen LogP contribution in [0.3, 0.4) is 0 Å². The minimum atomic E-state index is -1.83. The van der Waals surface area contributed by atoms with E-state index in [0.717, 1.165) is 27.7 Å². The number of carbonyl (C=O) groups is 8. The van der Waals surface area contributed by atoms with Crippen molar-refractivity contribution in [3.05, 3.63) is 10.4 Å². The van der Waals surface area contributed by atoms with Gasteiger partial charge in [0, 0.05) is 52.1 Å². The number of nitrogens with zero attached hydrogens (tertiary/aromatic N) is 3. The molecule has 10 atom stereocenters. The van der Waals surface area contributed by atoms with Crippen LogP contribution in [0.2, 0.25) is 0 Å². The first kappa shape index (κ1) is 54.5. The van der Waals surface area contributed by atoms with Gasteiger partial charge in [-0.1, -0.05) is 5.11 Å². The van der Waals surface area contributed by atoms with Gasteiger partial charge in [0.15, 0.2) is 30.7 Å². The SMILES string of the molecule is CC(=O)O[C@@H]1[C@@H](OC(C)=O)[C@H](NC(=O)OC(C)(C)C)C[C@H](NC(=O)OC(C)(C)C)[C@H]1O[C@H]1O[C@H](CNC(=O)CCCCN=[N+]=[N-])[C@@H](OC(C)=O)[C@H](OC(C)=O)[C@H]1NC(=O)OC(C)(C)C. The molecule has 0 radical (unpaired) electrons. The monoisotopic (exact) mass is 915 g/mol. The van der Waals surface area contributed by atoms with Gasteiger partial charge in [0.05, 0.1) is 12.1 Å². The number of unbranched alkanes of at least 4 members (excludes halogenated alkanes) is 1. The molecule has 1 heterocycles. The topological polar surface area (TPSA) is 317 Å². The van der Waals surface area contributed by atoms with E-state index in [9.17, 15) is 38.4 Å². The first-order valence-electron chi connectivity index (χ1n) is 20.7. The molecule has 0 aromatic heterocycles. The van der Waals surface area contributed by atoms with E-state index in [1.165, 1.54) is 0 Å². The van der Waals surface area contributed by atoms with Crippen molar-refractivity contribution >= 4 is 48.1 Å². The van der Waals surface area contributed by atoms with Gasteiger partial charge in [-0.25, -0.2) is 14.4 Å². The predicted molar refractivity (Wildman–Crippen MR) is 221 cm³/mol. The maximum absolute atomic E-state index is 13.5. The van der Waals surface area contributed by atoms with Crippen LogP contribution in [0.15, 0.2) is 5.11 Å². The van der Waals surface area contributed by atoms with E-state index in [2.05, 4.69) is 31.3 Å². The van der Waals surface area contributed by atoms with Crippen LogP contribution in [-0.2, 0) is 66.6 Å². The maximum atomic E-state index is 13.5. The standard InChI is InChI=1S/C40H65N7O17/c1-20(48)56-29-24(44-35(53)62-38(5,6)7)18-25(45-36(54)63-39(8,9)10)30(33(29)59-23(4)51)61-34-28(46-37(55)64-40(11,12)13)32(58-22(3)50)31(57-21(2)49)26(60-34)19-42-27(52)16-14-15-17-43-47-41/h24-26,28-34H,14-19H2,1-13H3,(H,42,52)(H,44,53)(H,45,54)(H,46,55)/t24-,25+,26-,28-,29+,30-,31-,32-,33-,34-/m1/s1. The fourth-order valence-corrected chi connectivity index (χ4v) is 6.64. The Morgan fingerprint density at radius 2 is 1.05 bits per heavy atom. The van der Waals surface area contributed by atoms with Crippen LogP contribution in [0.4, 0.5) is 14.4 Å². The van der Waals surface area contributed by atoms with Gasteiger partial charge in [-0.3, -0.25) is 24.0 Å². The number of ether oxygens (including phenoxy) is 9. The molecule has 1 saturated carbocycles. The van der Waals surface area contributed by atoms with E-state index in [-0.39, 0.29) is 19.4 Å². The van der Waals surface area contributed by atoms with E-state index >= 15 is 0 Å². The van der Waals surface area contributed by atoms with Gasteiger partial charge in [0.2, 0.25) is 5.91 Å². The number of nitrogens with one attached hydrogen (secondary N) is 4. The number of esters is 4. The fourth-order valence-electron chi connectivity index (χ4n) is 6.64. The van der Waals surface area contributed by atoms with Gasteiger partial charge in [0.1, 0.15) is 35.1 Å². The molecule has 1 aliphatic carbocycles. The smallest absolute Gasteiger partial charge is 0.408 e. The summed E-state index contributed by atoms with van der Waals surface area (Å²) >= 11 is 0. The molecule has 64 heavy (non-hydrogen) atoms. The predicted octanol–water partition coefficient (Wildman–Crippen LogP) is 3.50. The molecule has 362 valence electrons. The number of carbonyl (C=O) groups excluding carboxylic acids is 8. The van der Waals surface area contributed by atoms with Crippen LogP contribution in [0, 0.1) is 0 Å². The van der Waals surface area contributed by atoms with E-state index < -0.39 is 132 Å². The van der Waals surface area contributed by atoms with Gasteiger partial charge >= 0.3 is 42.2 Å². The summed E-state index contributed by atoms with van der Waals surface area (Å²) in [6.45, 7) is 18.4. The molecule has 4 N–H and O–H groups in total. The summed E-state index contributed by atoms with van der Waals surface area (Å²) in [4.78, 5) is 107. The Hall–Kier alpha value is -5.61. The number of amides is 4. The molecule has 0 unspecified atom stereocenters. The van der Waals surface area contributed by atoms with Crippen molar-refractivity contribution in [1.29, 1.82) is 0 Å². The number of alkyl carbamates (subject to hydrolysis) is 3. The normalized spacial score (nSPS) is 25.7. The summed E-state index contributed by atoms with van der Waals surface area (Å²) in [6.07, 6.45) is -13.9. The third-order valence-electron chi connectivity index (χ3n) is 8.66. The molecular formula is C40H65N7O17. The van der Waals surface area contributed by atoms with Crippen molar-refractivity contribution in [3.8, 4) is 0 Å². The molecule has 24 heteroatoms. The number of azide groups is 1. The summed E-state index contributed by atoms with van der Waals surface area (Å²) in [5.41, 5.74) is 5.47. The fraction of sp³-hybridized carbons (Fsp3) is 0.800. The Morgan fingerprint density at radius 1 is 0.609 bits per heavy atom. The molecule has 4 amide bonds. The van der Waals surface area contributed by atoms with E-state index in [1.54, 1.807) is 62.3 Å². The minimum absolute atomic E-state index is 0.0117. The Labute approximate surface area is 372 Å². The second-order valence-corrected chi connectivity index (χ2v) is 18.1. The van der Waals surface area contributed by atoms with Crippen LogP contribution in [-0.4, -0.2) is 139 Å². The molecule has 1 saturated heterocycles. The van der Waals surface area contributed by atoms with E-state index in [4.69, 9.17) is 48.2 Å². The maximum Gasteiger partial charge on any atom is 0.408 e.